The van der Waals surface area contributed by atoms with Gasteiger partial charge in [0.25, 0.3) is 0 Å². The van der Waals surface area contributed by atoms with Crippen molar-refractivity contribution in [2.24, 2.45) is 5.92 Å². The first-order valence-electron chi connectivity index (χ1n) is 19.9. The zero-order valence-electron chi connectivity index (χ0n) is 31.0. The van der Waals surface area contributed by atoms with Gasteiger partial charge in [-0.2, -0.15) is 0 Å². The third-order valence-electron chi connectivity index (χ3n) is 8.79. The minimum Gasteiger partial charge on any atom is -0.462 e. The van der Waals surface area contributed by atoms with E-state index in [1.54, 1.807) is 0 Å². The summed E-state index contributed by atoms with van der Waals surface area (Å²) in [5.41, 5.74) is 0. The second kappa shape index (κ2) is 34.7. The van der Waals surface area contributed by atoms with Crippen LogP contribution in [0, 0.1) is 5.92 Å². The molecule has 0 aliphatic rings. The summed E-state index contributed by atoms with van der Waals surface area (Å²) in [7, 11) is 0. The van der Waals surface area contributed by atoms with Crippen molar-refractivity contribution in [2.75, 3.05) is 13.2 Å². The number of rotatable bonds is 35. The van der Waals surface area contributed by atoms with Gasteiger partial charge < -0.3 is 14.2 Å². The highest BCUT2D eigenvalue weighted by molar-refractivity contribution is 5.71. The van der Waals surface area contributed by atoms with Gasteiger partial charge in [-0.1, -0.05) is 175 Å². The Balaban J connectivity index is 4.26. The van der Waals surface area contributed by atoms with E-state index < -0.39 is 6.10 Å². The fourth-order valence-corrected chi connectivity index (χ4v) is 5.74. The van der Waals surface area contributed by atoms with Crippen LogP contribution in [0.4, 0.5) is 0 Å². The molecule has 0 fully saturated rings. The summed E-state index contributed by atoms with van der Waals surface area (Å²) in [6.45, 7) is 8.86. The molecular formula is C40H76O6. The molecular weight excluding hydrogens is 576 g/mol. The molecule has 0 heterocycles. The minimum absolute atomic E-state index is 0.0659. The van der Waals surface area contributed by atoms with Crippen molar-refractivity contribution in [1.29, 1.82) is 0 Å². The summed E-state index contributed by atoms with van der Waals surface area (Å²) in [5.74, 6) is -0.0720. The summed E-state index contributed by atoms with van der Waals surface area (Å²) < 4.78 is 16.5. The quantitative estimate of drug-likeness (QED) is 0.0385. The average Bonchev–Trinajstić information content (AvgIpc) is 3.03. The third kappa shape index (κ3) is 33.8. The smallest absolute Gasteiger partial charge is 0.306 e. The molecule has 0 saturated heterocycles. The van der Waals surface area contributed by atoms with E-state index in [1.807, 2.05) is 0 Å². The van der Waals surface area contributed by atoms with Crippen LogP contribution in [0.1, 0.15) is 214 Å². The molecule has 272 valence electrons. The predicted octanol–water partition coefficient (Wildman–Crippen LogP) is 12.0. The van der Waals surface area contributed by atoms with Crippen LogP contribution in [0.25, 0.3) is 0 Å². The first-order valence-corrected chi connectivity index (χ1v) is 19.9. The third-order valence-corrected chi connectivity index (χ3v) is 8.79. The van der Waals surface area contributed by atoms with E-state index >= 15 is 0 Å². The molecule has 0 aliphatic carbocycles. The van der Waals surface area contributed by atoms with Crippen LogP contribution in [-0.2, 0) is 28.6 Å². The van der Waals surface area contributed by atoms with Crippen molar-refractivity contribution in [3.8, 4) is 0 Å². The molecule has 0 aliphatic heterocycles. The Morgan fingerprint density at radius 3 is 1.07 bits per heavy atom. The zero-order chi connectivity index (χ0) is 33.9. The summed E-state index contributed by atoms with van der Waals surface area (Å²) >= 11 is 0. The van der Waals surface area contributed by atoms with Crippen molar-refractivity contribution < 1.29 is 28.6 Å². The van der Waals surface area contributed by atoms with Crippen LogP contribution >= 0.6 is 0 Å². The molecule has 0 saturated carbocycles. The second-order valence-corrected chi connectivity index (χ2v) is 14.0. The first kappa shape index (κ1) is 44.4. The van der Waals surface area contributed by atoms with Gasteiger partial charge in [-0.25, -0.2) is 0 Å². The van der Waals surface area contributed by atoms with E-state index in [-0.39, 0.29) is 31.1 Å². The molecule has 6 nitrogen and oxygen atoms in total. The molecule has 0 aromatic heterocycles. The molecule has 0 amide bonds. The second-order valence-electron chi connectivity index (χ2n) is 14.0. The topological polar surface area (TPSA) is 78.9 Å². The van der Waals surface area contributed by atoms with Crippen LogP contribution in [-0.4, -0.2) is 37.2 Å². The number of hydrogen-bond acceptors (Lipinski definition) is 6. The van der Waals surface area contributed by atoms with Crippen LogP contribution < -0.4 is 0 Å². The molecule has 6 heteroatoms. The van der Waals surface area contributed by atoms with Crippen molar-refractivity contribution in [2.45, 2.75) is 220 Å². The molecule has 0 radical (unpaired) electrons. The van der Waals surface area contributed by atoms with Crippen molar-refractivity contribution >= 4 is 17.9 Å². The van der Waals surface area contributed by atoms with Gasteiger partial charge in [-0.3, -0.25) is 14.4 Å². The van der Waals surface area contributed by atoms with E-state index in [0.717, 1.165) is 70.1 Å². The van der Waals surface area contributed by atoms with Crippen molar-refractivity contribution in [3.05, 3.63) is 0 Å². The van der Waals surface area contributed by atoms with Gasteiger partial charge in [-0.05, 0) is 25.2 Å². The number of carbonyl (C=O) groups excluding carboxylic acids is 3. The van der Waals surface area contributed by atoms with E-state index in [2.05, 4.69) is 27.7 Å². The summed E-state index contributed by atoms with van der Waals surface area (Å²) in [6.07, 6.45) is 31.1. The number of hydrogen-bond donors (Lipinski definition) is 0. The maximum Gasteiger partial charge on any atom is 0.306 e. The van der Waals surface area contributed by atoms with Crippen LogP contribution in [0.5, 0.6) is 0 Å². The van der Waals surface area contributed by atoms with Gasteiger partial charge in [0, 0.05) is 19.3 Å². The normalized spacial score (nSPS) is 11.9. The zero-order valence-corrected chi connectivity index (χ0v) is 31.0. The summed E-state index contributed by atoms with van der Waals surface area (Å²) in [5, 5.41) is 0. The molecule has 1 atom stereocenters. The number of esters is 3. The lowest BCUT2D eigenvalue weighted by Crippen LogP contribution is -2.30. The molecule has 0 rings (SSSR count). The lowest BCUT2D eigenvalue weighted by molar-refractivity contribution is -0.167. The molecule has 0 aromatic rings. The fourth-order valence-electron chi connectivity index (χ4n) is 5.74. The monoisotopic (exact) mass is 653 g/mol. The van der Waals surface area contributed by atoms with Gasteiger partial charge in [0.15, 0.2) is 6.10 Å². The Bertz CT molecular complexity index is 691. The molecule has 0 unspecified atom stereocenters. The first-order chi connectivity index (χ1) is 22.4. The van der Waals surface area contributed by atoms with Gasteiger partial charge in [-0.15, -0.1) is 0 Å². The molecule has 46 heavy (non-hydrogen) atoms. The van der Waals surface area contributed by atoms with Gasteiger partial charge >= 0.3 is 17.9 Å². The molecule has 0 bridgehead atoms. The Kier molecular flexibility index (Phi) is 33.5. The lowest BCUT2D eigenvalue weighted by atomic mass is 10.0. The summed E-state index contributed by atoms with van der Waals surface area (Å²) in [6, 6.07) is 0. The Labute approximate surface area is 285 Å². The van der Waals surface area contributed by atoms with Gasteiger partial charge in [0.2, 0.25) is 0 Å². The molecule has 0 aromatic carbocycles. The van der Waals surface area contributed by atoms with E-state index in [1.165, 1.54) is 103 Å². The lowest BCUT2D eigenvalue weighted by Gasteiger charge is -2.18. The van der Waals surface area contributed by atoms with Crippen LogP contribution in [0.3, 0.4) is 0 Å². The maximum absolute atomic E-state index is 12.6. The van der Waals surface area contributed by atoms with Crippen LogP contribution in [0.2, 0.25) is 0 Å². The Morgan fingerprint density at radius 1 is 0.413 bits per heavy atom. The average molecular weight is 653 g/mol. The predicted molar refractivity (Wildman–Crippen MR) is 192 cm³/mol. The summed E-state index contributed by atoms with van der Waals surface area (Å²) in [4.78, 5) is 37.2. The van der Waals surface area contributed by atoms with Crippen molar-refractivity contribution in [3.63, 3.8) is 0 Å². The van der Waals surface area contributed by atoms with Gasteiger partial charge in [0.1, 0.15) is 13.2 Å². The minimum atomic E-state index is -0.756. The molecule has 0 spiro atoms. The standard InChI is InChI=1S/C40H76O6/c1-5-7-9-11-12-13-14-17-20-24-28-32-39(42)45-35-37(34-44-38(41)31-27-22-10-8-6-2)46-40(43)33-29-25-21-18-15-16-19-23-26-30-36(3)4/h36-37H,5-35H2,1-4H3/t37-/m0/s1. The van der Waals surface area contributed by atoms with Crippen LogP contribution in [0.15, 0.2) is 0 Å². The maximum atomic E-state index is 12.6. The Morgan fingerprint density at radius 2 is 0.717 bits per heavy atom. The molecule has 0 N–H and O–H groups in total. The van der Waals surface area contributed by atoms with E-state index in [9.17, 15) is 14.4 Å². The number of ether oxygens (including phenoxy) is 3. The number of unbranched alkanes of at least 4 members (excludes halogenated alkanes) is 22. The van der Waals surface area contributed by atoms with E-state index in [0.29, 0.717) is 19.3 Å². The fraction of sp³-hybridized carbons (Fsp3) is 0.925. The highest BCUT2D eigenvalue weighted by atomic mass is 16.6. The van der Waals surface area contributed by atoms with Gasteiger partial charge in [0.05, 0.1) is 0 Å². The SMILES string of the molecule is CCCCCCCCCCCCCC(=O)OC[C@H](COC(=O)CCCCCCC)OC(=O)CCCCCCCCCCCC(C)C. The largest absolute Gasteiger partial charge is 0.462 e. The highest BCUT2D eigenvalue weighted by Gasteiger charge is 2.19. The van der Waals surface area contributed by atoms with E-state index in [4.69, 9.17) is 14.2 Å². The van der Waals surface area contributed by atoms with Crippen molar-refractivity contribution in [1.82, 2.24) is 0 Å². The Hall–Kier alpha value is -1.59. The number of carbonyl (C=O) groups is 3. The highest BCUT2D eigenvalue weighted by Crippen LogP contribution is 2.15.